The Hall–Kier alpha value is -0.610. The Labute approximate surface area is 96.3 Å². The number of nitrogens with two attached hydrogens (primary N) is 1. The van der Waals surface area contributed by atoms with Crippen molar-refractivity contribution >= 4 is 16.5 Å². The quantitative estimate of drug-likeness (QED) is 0.840. The molecular weight excluding hydrogens is 206 g/mol. The number of hydrogen-bond donors (Lipinski definition) is 1. The van der Waals surface area contributed by atoms with Gasteiger partial charge in [0.15, 0.2) is 5.13 Å². The fourth-order valence-corrected chi connectivity index (χ4v) is 2.80. The molecule has 2 N–H and O–H groups in total. The maximum absolute atomic E-state index is 5.74. The highest BCUT2D eigenvalue weighted by atomic mass is 32.1. The maximum Gasteiger partial charge on any atom is 0.185 e. The normalized spacial score (nSPS) is 11.1. The average Bonchev–Trinajstić information content (AvgIpc) is 2.64. The van der Waals surface area contributed by atoms with Crippen molar-refractivity contribution in [3.63, 3.8) is 0 Å². The highest BCUT2D eigenvalue weighted by molar-refractivity contribution is 7.15. The zero-order valence-corrected chi connectivity index (χ0v) is 10.9. The van der Waals surface area contributed by atoms with Crippen molar-refractivity contribution in [3.8, 4) is 0 Å². The van der Waals surface area contributed by atoms with Crippen molar-refractivity contribution < 1.29 is 0 Å². The van der Waals surface area contributed by atoms with Gasteiger partial charge in [0.1, 0.15) is 0 Å². The summed E-state index contributed by atoms with van der Waals surface area (Å²) in [5.74, 6) is 0.462. The molecule has 0 atom stereocenters. The molecule has 1 heterocycles. The van der Waals surface area contributed by atoms with Crippen LogP contribution in [0.1, 0.15) is 44.2 Å². The van der Waals surface area contributed by atoms with Crippen LogP contribution in [0.2, 0.25) is 0 Å². The monoisotopic (exact) mass is 227 g/mol. The van der Waals surface area contributed by atoms with E-state index in [1.807, 2.05) is 0 Å². The molecule has 0 saturated heterocycles. The number of nitrogens with zero attached hydrogens (tertiary/aromatic N) is 2. The summed E-state index contributed by atoms with van der Waals surface area (Å²) in [4.78, 5) is 8.19. The van der Waals surface area contributed by atoms with Gasteiger partial charge in [0.2, 0.25) is 0 Å². The first-order valence-electron chi connectivity index (χ1n) is 5.58. The van der Waals surface area contributed by atoms with Gasteiger partial charge in [-0.15, -0.1) is 11.3 Å². The summed E-state index contributed by atoms with van der Waals surface area (Å²) < 4.78 is 0. The van der Waals surface area contributed by atoms with E-state index < -0.39 is 0 Å². The molecule has 1 rings (SSSR count). The van der Waals surface area contributed by atoms with Crippen LogP contribution in [0, 0.1) is 0 Å². The SMILES string of the molecule is CCN(CC)c1nc(C(C)C)c(CN)s1. The molecule has 0 aliphatic heterocycles. The summed E-state index contributed by atoms with van der Waals surface area (Å²) >= 11 is 1.73. The first kappa shape index (κ1) is 12.5. The van der Waals surface area contributed by atoms with E-state index in [1.54, 1.807) is 11.3 Å². The van der Waals surface area contributed by atoms with Crippen LogP contribution in [-0.4, -0.2) is 18.1 Å². The Morgan fingerprint density at radius 1 is 1.33 bits per heavy atom. The summed E-state index contributed by atoms with van der Waals surface area (Å²) in [7, 11) is 0. The van der Waals surface area contributed by atoms with Gasteiger partial charge in [0.25, 0.3) is 0 Å². The molecule has 1 aromatic heterocycles. The molecule has 0 radical (unpaired) electrons. The third-order valence-electron chi connectivity index (χ3n) is 2.48. The van der Waals surface area contributed by atoms with E-state index in [2.05, 4.69) is 37.6 Å². The van der Waals surface area contributed by atoms with Gasteiger partial charge in [-0.05, 0) is 19.8 Å². The second kappa shape index (κ2) is 5.47. The minimum Gasteiger partial charge on any atom is -0.349 e. The van der Waals surface area contributed by atoms with E-state index in [9.17, 15) is 0 Å². The highest BCUT2D eigenvalue weighted by Crippen LogP contribution is 2.30. The molecule has 0 amide bonds. The van der Waals surface area contributed by atoms with E-state index in [4.69, 9.17) is 5.73 Å². The molecule has 0 aliphatic rings. The molecule has 0 aromatic carbocycles. The number of anilines is 1. The van der Waals surface area contributed by atoms with Crippen molar-refractivity contribution in [2.75, 3.05) is 18.0 Å². The number of hydrogen-bond acceptors (Lipinski definition) is 4. The van der Waals surface area contributed by atoms with E-state index in [0.717, 1.165) is 18.2 Å². The van der Waals surface area contributed by atoms with Gasteiger partial charge in [-0.1, -0.05) is 13.8 Å². The second-order valence-electron chi connectivity index (χ2n) is 3.84. The van der Waals surface area contributed by atoms with Gasteiger partial charge in [-0.25, -0.2) is 4.98 Å². The Kier molecular flexibility index (Phi) is 4.54. The molecule has 4 heteroatoms. The number of rotatable bonds is 5. The van der Waals surface area contributed by atoms with Gasteiger partial charge < -0.3 is 10.6 Å². The molecule has 0 fully saturated rings. The molecule has 1 aromatic rings. The van der Waals surface area contributed by atoms with E-state index in [1.165, 1.54) is 10.6 Å². The third kappa shape index (κ3) is 2.69. The summed E-state index contributed by atoms with van der Waals surface area (Å²) in [5, 5.41) is 1.11. The van der Waals surface area contributed by atoms with Crippen LogP contribution in [0.4, 0.5) is 5.13 Å². The fraction of sp³-hybridized carbons (Fsp3) is 0.727. The summed E-state index contributed by atoms with van der Waals surface area (Å²) in [5.41, 5.74) is 6.91. The smallest absolute Gasteiger partial charge is 0.185 e. The lowest BCUT2D eigenvalue weighted by Gasteiger charge is -2.16. The minimum absolute atomic E-state index is 0.462. The average molecular weight is 227 g/mol. The maximum atomic E-state index is 5.74. The lowest BCUT2D eigenvalue weighted by Crippen LogP contribution is -2.21. The van der Waals surface area contributed by atoms with Gasteiger partial charge in [-0.2, -0.15) is 0 Å². The minimum atomic E-state index is 0.462. The Morgan fingerprint density at radius 3 is 2.27 bits per heavy atom. The van der Waals surface area contributed by atoms with Crippen LogP contribution in [0.25, 0.3) is 0 Å². The lowest BCUT2D eigenvalue weighted by atomic mass is 10.1. The highest BCUT2D eigenvalue weighted by Gasteiger charge is 2.15. The molecular formula is C11H21N3S. The van der Waals surface area contributed by atoms with Crippen LogP contribution in [0.15, 0.2) is 0 Å². The number of aromatic nitrogens is 1. The summed E-state index contributed by atoms with van der Waals surface area (Å²) in [6.45, 7) is 11.3. The summed E-state index contributed by atoms with van der Waals surface area (Å²) in [6, 6.07) is 0. The molecule has 15 heavy (non-hydrogen) atoms. The van der Waals surface area contributed by atoms with Crippen molar-refractivity contribution in [2.45, 2.75) is 40.2 Å². The lowest BCUT2D eigenvalue weighted by molar-refractivity contribution is 0.798. The second-order valence-corrected chi connectivity index (χ2v) is 4.90. The van der Waals surface area contributed by atoms with E-state index in [0.29, 0.717) is 12.5 Å². The zero-order chi connectivity index (χ0) is 11.4. The van der Waals surface area contributed by atoms with E-state index >= 15 is 0 Å². The van der Waals surface area contributed by atoms with Crippen molar-refractivity contribution in [2.24, 2.45) is 5.73 Å². The molecule has 0 saturated carbocycles. The molecule has 3 nitrogen and oxygen atoms in total. The summed E-state index contributed by atoms with van der Waals surface area (Å²) in [6.07, 6.45) is 0. The van der Waals surface area contributed by atoms with Gasteiger partial charge in [0.05, 0.1) is 5.69 Å². The predicted octanol–water partition coefficient (Wildman–Crippen LogP) is 2.57. The van der Waals surface area contributed by atoms with Crippen LogP contribution in [0.5, 0.6) is 0 Å². The number of thiazole rings is 1. The van der Waals surface area contributed by atoms with Gasteiger partial charge in [-0.3, -0.25) is 0 Å². The zero-order valence-electron chi connectivity index (χ0n) is 10.1. The van der Waals surface area contributed by atoms with Gasteiger partial charge in [0, 0.05) is 24.5 Å². The predicted molar refractivity (Wildman–Crippen MR) is 67.7 cm³/mol. The van der Waals surface area contributed by atoms with Crippen molar-refractivity contribution in [1.82, 2.24) is 4.98 Å². The van der Waals surface area contributed by atoms with Crippen molar-refractivity contribution in [1.29, 1.82) is 0 Å². The Balaban J connectivity index is 3.01. The first-order chi connectivity index (χ1) is 7.13. The largest absolute Gasteiger partial charge is 0.349 e. The van der Waals surface area contributed by atoms with Crippen molar-refractivity contribution in [3.05, 3.63) is 10.6 Å². The Bertz CT molecular complexity index is 303. The van der Waals surface area contributed by atoms with Crippen LogP contribution in [-0.2, 0) is 6.54 Å². The third-order valence-corrected chi connectivity index (χ3v) is 3.64. The van der Waals surface area contributed by atoms with Crippen LogP contribution >= 0.6 is 11.3 Å². The molecule has 0 aliphatic carbocycles. The Morgan fingerprint density at radius 2 is 1.93 bits per heavy atom. The van der Waals surface area contributed by atoms with Crippen LogP contribution < -0.4 is 10.6 Å². The molecule has 0 unspecified atom stereocenters. The first-order valence-corrected chi connectivity index (χ1v) is 6.40. The van der Waals surface area contributed by atoms with Gasteiger partial charge >= 0.3 is 0 Å². The molecule has 86 valence electrons. The van der Waals surface area contributed by atoms with Crippen LogP contribution in [0.3, 0.4) is 0 Å². The molecule has 0 bridgehead atoms. The molecule has 0 spiro atoms. The van der Waals surface area contributed by atoms with E-state index in [-0.39, 0.29) is 0 Å². The topological polar surface area (TPSA) is 42.2 Å². The fourth-order valence-electron chi connectivity index (χ4n) is 1.58. The standard InChI is InChI=1S/C11H21N3S/c1-5-14(6-2)11-13-10(8(3)4)9(7-12)15-11/h8H,5-7,12H2,1-4H3.